The molecule has 0 saturated heterocycles. The van der Waals surface area contributed by atoms with Crippen LogP contribution in [0.15, 0.2) is 28.7 Å². The fourth-order valence-corrected chi connectivity index (χ4v) is 1.98. The summed E-state index contributed by atoms with van der Waals surface area (Å²) in [6.07, 6.45) is 3.27. The molecule has 1 fully saturated rings. The van der Waals surface area contributed by atoms with Gasteiger partial charge in [0.25, 0.3) is 0 Å². The fraction of sp³-hybridized carbons (Fsp3) is 0.462. The third kappa shape index (κ3) is 2.91. The van der Waals surface area contributed by atoms with Gasteiger partial charge >= 0.3 is 0 Å². The van der Waals surface area contributed by atoms with E-state index in [1.807, 2.05) is 31.2 Å². The second kappa shape index (κ2) is 4.48. The lowest BCUT2D eigenvalue weighted by molar-refractivity contribution is -0.120. The summed E-state index contributed by atoms with van der Waals surface area (Å²) in [7, 11) is 0. The minimum absolute atomic E-state index is 0.0544. The first-order valence-electron chi connectivity index (χ1n) is 5.45. The molecule has 1 aromatic rings. The summed E-state index contributed by atoms with van der Waals surface area (Å²) < 4.78 is 1.06. The van der Waals surface area contributed by atoms with E-state index in [0.29, 0.717) is 11.7 Å². The molecule has 0 radical (unpaired) electrons. The molecule has 80 valence electrons. The van der Waals surface area contributed by atoms with E-state index in [1.54, 1.807) is 0 Å². The standard InChI is InChI=1S/C13H15BrO/c1-9(13(15)8-10-2-3-10)11-4-6-12(14)7-5-11/h4-7,9-10H,2-3,8H2,1H3. The van der Waals surface area contributed by atoms with Crippen LogP contribution in [0.1, 0.15) is 37.7 Å². The Morgan fingerprint density at radius 3 is 2.53 bits per heavy atom. The molecule has 0 bridgehead atoms. The number of hydrogen-bond donors (Lipinski definition) is 0. The maximum absolute atomic E-state index is 11.9. The molecule has 0 amide bonds. The molecule has 1 aliphatic carbocycles. The van der Waals surface area contributed by atoms with Crippen LogP contribution in [0.2, 0.25) is 0 Å². The predicted octanol–water partition coefficient (Wildman–Crippen LogP) is 3.92. The Morgan fingerprint density at radius 1 is 1.40 bits per heavy atom. The molecule has 2 heteroatoms. The first-order valence-corrected chi connectivity index (χ1v) is 6.24. The number of Topliss-reactive ketones (excluding diaryl/α,β-unsaturated/α-hetero) is 1. The zero-order valence-corrected chi connectivity index (χ0v) is 10.5. The van der Waals surface area contributed by atoms with Gasteiger partial charge in [-0.1, -0.05) is 35.0 Å². The molecule has 0 heterocycles. The Kier molecular flexibility index (Phi) is 3.25. The van der Waals surface area contributed by atoms with Gasteiger partial charge in [0.1, 0.15) is 5.78 Å². The number of hydrogen-bond acceptors (Lipinski definition) is 1. The van der Waals surface area contributed by atoms with E-state index in [9.17, 15) is 4.79 Å². The van der Waals surface area contributed by atoms with Crippen molar-refractivity contribution in [3.8, 4) is 0 Å². The van der Waals surface area contributed by atoms with E-state index in [2.05, 4.69) is 15.9 Å². The van der Waals surface area contributed by atoms with Crippen LogP contribution < -0.4 is 0 Å². The van der Waals surface area contributed by atoms with Crippen LogP contribution in [0.25, 0.3) is 0 Å². The zero-order chi connectivity index (χ0) is 10.8. The van der Waals surface area contributed by atoms with Crippen molar-refractivity contribution in [1.29, 1.82) is 0 Å². The van der Waals surface area contributed by atoms with Crippen molar-refractivity contribution in [3.05, 3.63) is 34.3 Å². The van der Waals surface area contributed by atoms with Crippen LogP contribution in [-0.2, 0) is 4.79 Å². The highest BCUT2D eigenvalue weighted by Gasteiger charge is 2.27. The molecule has 1 atom stereocenters. The molecule has 2 rings (SSSR count). The second-order valence-electron chi connectivity index (χ2n) is 4.39. The highest BCUT2D eigenvalue weighted by atomic mass is 79.9. The van der Waals surface area contributed by atoms with E-state index in [0.717, 1.165) is 16.5 Å². The smallest absolute Gasteiger partial charge is 0.140 e. The minimum Gasteiger partial charge on any atom is -0.299 e. The largest absolute Gasteiger partial charge is 0.299 e. The number of rotatable bonds is 4. The first-order chi connectivity index (χ1) is 7.16. The van der Waals surface area contributed by atoms with Crippen molar-refractivity contribution in [2.45, 2.75) is 32.1 Å². The molecular formula is C13H15BrO. The fourth-order valence-electron chi connectivity index (χ4n) is 1.72. The summed E-state index contributed by atoms with van der Waals surface area (Å²) >= 11 is 3.40. The first kappa shape index (κ1) is 10.9. The Morgan fingerprint density at radius 2 is 2.00 bits per heavy atom. The molecule has 1 unspecified atom stereocenters. The molecule has 0 aliphatic heterocycles. The predicted molar refractivity (Wildman–Crippen MR) is 64.9 cm³/mol. The van der Waals surface area contributed by atoms with E-state index in [4.69, 9.17) is 0 Å². The summed E-state index contributed by atoms with van der Waals surface area (Å²) in [5.74, 6) is 1.13. The Hall–Kier alpha value is -0.630. The van der Waals surface area contributed by atoms with Crippen molar-refractivity contribution in [2.24, 2.45) is 5.92 Å². The third-order valence-corrected chi connectivity index (χ3v) is 3.57. The lowest BCUT2D eigenvalue weighted by Gasteiger charge is -2.10. The summed E-state index contributed by atoms with van der Waals surface area (Å²) in [4.78, 5) is 11.9. The Balaban J connectivity index is 2.02. The summed E-state index contributed by atoms with van der Waals surface area (Å²) in [5, 5.41) is 0. The molecule has 1 saturated carbocycles. The van der Waals surface area contributed by atoms with E-state index >= 15 is 0 Å². The van der Waals surface area contributed by atoms with Gasteiger partial charge in [-0.15, -0.1) is 0 Å². The number of carbonyl (C=O) groups excluding carboxylic acids is 1. The highest BCUT2D eigenvalue weighted by Crippen LogP contribution is 2.34. The van der Waals surface area contributed by atoms with Crippen LogP contribution in [0.4, 0.5) is 0 Å². The summed E-state index contributed by atoms with van der Waals surface area (Å²) in [6, 6.07) is 8.05. The van der Waals surface area contributed by atoms with E-state index < -0.39 is 0 Å². The zero-order valence-electron chi connectivity index (χ0n) is 8.87. The Bertz CT molecular complexity index is 351. The van der Waals surface area contributed by atoms with Crippen LogP contribution >= 0.6 is 15.9 Å². The van der Waals surface area contributed by atoms with E-state index in [-0.39, 0.29) is 5.92 Å². The summed E-state index contributed by atoms with van der Waals surface area (Å²) in [5.41, 5.74) is 1.13. The molecule has 0 aromatic heterocycles. The number of halogens is 1. The quantitative estimate of drug-likeness (QED) is 0.808. The molecule has 0 N–H and O–H groups in total. The lowest BCUT2D eigenvalue weighted by Crippen LogP contribution is -2.09. The van der Waals surface area contributed by atoms with Gasteiger partial charge in [-0.2, -0.15) is 0 Å². The number of carbonyl (C=O) groups is 1. The Labute approximate surface area is 99.0 Å². The molecule has 0 spiro atoms. The molecule has 1 aromatic carbocycles. The molecular weight excluding hydrogens is 252 g/mol. The van der Waals surface area contributed by atoms with Crippen LogP contribution in [-0.4, -0.2) is 5.78 Å². The molecule has 15 heavy (non-hydrogen) atoms. The van der Waals surface area contributed by atoms with Gasteiger partial charge in [0.15, 0.2) is 0 Å². The van der Waals surface area contributed by atoms with Gasteiger partial charge in [-0.25, -0.2) is 0 Å². The highest BCUT2D eigenvalue weighted by molar-refractivity contribution is 9.10. The van der Waals surface area contributed by atoms with Gasteiger partial charge in [-0.3, -0.25) is 4.79 Å². The SMILES string of the molecule is CC(C(=O)CC1CC1)c1ccc(Br)cc1. The monoisotopic (exact) mass is 266 g/mol. The van der Waals surface area contributed by atoms with Crippen LogP contribution in [0.5, 0.6) is 0 Å². The van der Waals surface area contributed by atoms with Crippen molar-refractivity contribution >= 4 is 21.7 Å². The van der Waals surface area contributed by atoms with Crippen molar-refractivity contribution in [1.82, 2.24) is 0 Å². The number of benzene rings is 1. The summed E-state index contributed by atoms with van der Waals surface area (Å²) in [6.45, 7) is 2.01. The maximum Gasteiger partial charge on any atom is 0.140 e. The second-order valence-corrected chi connectivity index (χ2v) is 5.30. The van der Waals surface area contributed by atoms with Gasteiger partial charge in [0, 0.05) is 16.8 Å². The van der Waals surface area contributed by atoms with Gasteiger partial charge in [0.2, 0.25) is 0 Å². The normalized spacial score (nSPS) is 17.5. The topological polar surface area (TPSA) is 17.1 Å². The molecule has 1 aliphatic rings. The van der Waals surface area contributed by atoms with Gasteiger partial charge in [-0.05, 0) is 36.5 Å². The molecule has 1 nitrogen and oxygen atoms in total. The van der Waals surface area contributed by atoms with Gasteiger partial charge < -0.3 is 0 Å². The van der Waals surface area contributed by atoms with Crippen molar-refractivity contribution < 1.29 is 4.79 Å². The third-order valence-electron chi connectivity index (χ3n) is 3.04. The van der Waals surface area contributed by atoms with Crippen molar-refractivity contribution in [2.75, 3.05) is 0 Å². The van der Waals surface area contributed by atoms with E-state index in [1.165, 1.54) is 12.8 Å². The van der Waals surface area contributed by atoms with Crippen LogP contribution in [0.3, 0.4) is 0 Å². The lowest BCUT2D eigenvalue weighted by atomic mass is 9.94. The maximum atomic E-state index is 11.9. The van der Waals surface area contributed by atoms with Gasteiger partial charge in [0.05, 0.1) is 0 Å². The number of ketones is 1. The van der Waals surface area contributed by atoms with Crippen LogP contribution in [0, 0.1) is 5.92 Å². The average Bonchev–Trinajstić information content (AvgIpc) is 3.02. The minimum atomic E-state index is 0.0544. The average molecular weight is 267 g/mol. The van der Waals surface area contributed by atoms with Crippen molar-refractivity contribution in [3.63, 3.8) is 0 Å².